The summed E-state index contributed by atoms with van der Waals surface area (Å²) >= 11 is 6.07. The lowest BCUT2D eigenvalue weighted by atomic mass is 9.98. The van der Waals surface area contributed by atoms with Crippen molar-refractivity contribution < 1.29 is 4.39 Å². The molecule has 2 rings (SSSR count). The van der Waals surface area contributed by atoms with Gasteiger partial charge in [0.1, 0.15) is 5.82 Å². The van der Waals surface area contributed by atoms with Crippen LogP contribution >= 0.6 is 11.6 Å². The van der Waals surface area contributed by atoms with Gasteiger partial charge in [0, 0.05) is 23.0 Å². The Hall–Kier alpha value is -1.45. The first-order chi connectivity index (χ1) is 9.11. The van der Waals surface area contributed by atoms with E-state index in [4.69, 9.17) is 11.6 Å². The predicted molar refractivity (Wildman–Crippen MR) is 75.9 cm³/mol. The van der Waals surface area contributed by atoms with Gasteiger partial charge in [-0.3, -0.25) is 4.98 Å². The molecule has 0 spiro atoms. The van der Waals surface area contributed by atoms with Gasteiger partial charge in [-0.25, -0.2) is 4.39 Å². The van der Waals surface area contributed by atoms with E-state index in [1.165, 1.54) is 12.1 Å². The molecule has 0 radical (unpaired) electrons. The van der Waals surface area contributed by atoms with Crippen molar-refractivity contribution in [2.24, 2.45) is 0 Å². The molecule has 1 atom stereocenters. The summed E-state index contributed by atoms with van der Waals surface area (Å²) in [5.74, 6) is -0.313. The smallest absolute Gasteiger partial charge is 0.124 e. The number of nitrogens with one attached hydrogen (secondary N) is 1. The van der Waals surface area contributed by atoms with E-state index in [-0.39, 0.29) is 11.9 Å². The van der Waals surface area contributed by atoms with E-state index in [0.29, 0.717) is 11.4 Å². The molecule has 0 amide bonds. The highest BCUT2D eigenvalue weighted by atomic mass is 35.5. The molecular weight excluding hydrogens is 263 g/mol. The van der Waals surface area contributed by atoms with E-state index >= 15 is 0 Å². The Labute approximate surface area is 117 Å². The topological polar surface area (TPSA) is 24.9 Å². The maximum absolute atomic E-state index is 13.0. The summed E-state index contributed by atoms with van der Waals surface area (Å²) < 4.78 is 13.0. The molecule has 1 aromatic heterocycles. The van der Waals surface area contributed by atoms with E-state index in [9.17, 15) is 4.39 Å². The fourth-order valence-corrected chi connectivity index (χ4v) is 2.38. The third-order valence-electron chi connectivity index (χ3n) is 3.21. The molecule has 0 saturated carbocycles. The van der Waals surface area contributed by atoms with Crippen molar-refractivity contribution in [3.63, 3.8) is 0 Å². The van der Waals surface area contributed by atoms with Crippen molar-refractivity contribution >= 4 is 11.6 Å². The molecule has 100 valence electrons. The molecule has 0 aliphatic carbocycles. The van der Waals surface area contributed by atoms with Crippen LogP contribution in [0.25, 0.3) is 0 Å². The van der Waals surface area contributed by atoms with Crippen molar-refractivity contribution in [1.82, 2.24) is 10.3 Å². The highest BCUT2D eigenvalue weighted by Crippen LogP contribution is 2.25. The zero-order chi connectivity index (χ0) is 13.8. The molecule has 0 saturated heterocycles. The molecule has 0 fully saturated rings. The maximum atomic E-state index is 13.0. The molecule has 4 heteroatoms. The summed E-state index contributed by atoms with van der Waals surface area (Å²) in [6.45, 7) is 1.98. The first-order valence-electron chi connectivity index (χ1n) is 6.14. The van der Waals surface area contributed by atoms with Crippen LogP contribution in [0, 0.1) is 12.7 Å². The molecule has 0 bridgehead atoms. The molecule has 0 aliphatic heterocycles. The van der Waals surface area contributed by atoms with Crippen LogP contribution in [-0.4, -0.2) is 12.0 Å². The average molecular weight is 279 g/mol. The van der Waals surface area contributed by atoms with Crippen LogP contribution in [0.1, 0.15) is 22.9 Å². The zero-order valence-electron chi connectivity index (χ0n) is 11.0. The third-order valence-corrected chi connectivity index (χ3v) is 3.56. The van der Waals surface area contributed by atoms with Crippen molar-refractivity contribution in [1.29, 1.82) is 0 Å². The maximum Gasteiger partial charge on any atom is 0.124 e. The van der Waals surface area contributed by atoms with E-state index in [0.717, 1.165) is 16.8 Å². The Bertz CT molecular complexity index is 572. The van der Waals surface area contributed by atoms with Gasteiger partial charge in [0.15, 0.2) is 0 Å². The monoisotopic (exact) mass is 278 g/mol. The molecule has 2 aromatic rings. The number of rotatable bonds is 4. The highest BCUT2D eigenvalue weighted by Gasteiger charge is 2.14. The Balaban J connectivity index is 2.27. The minimum Gasteiger partial charge on any atom is -0.313 e. The molecule has 1 unspecified atom stereocenters. The van der Waals surface area contributed by atoms with Gasteiger partial charge in [0.05, 0.1) is 0 Å². The number of aryl methyl sites for hydroxylation is 1. The second kappa shape index (κ2) is 6.13. The largest absolute Gasteiger partial charge is 0.313 e. The van der Waals surface area contributed by atoms with Crippen LogP contribution in [-0.2, 0) is 6.42 Å². The normalized spacial score (nSPS) is 12.4. The van der Waals surface area contributed by atoms with Gasteiger partial charge in [-0.1, -0.05) is 23.7 Å². The van der Waals surface area contributed by atoms with Crippen LogP contribution < -0.4 is 5.32 Å². The lowest BCUT2D eigenvalue weighted by molar-refractivity contribution is 0.583. The fourth-order valence-electron chi connectivity index (χ4n) is 2.14. The molecule has 19 heavy (non-hydrogen) atoms. The standard InChI is InChI=1S/C15H16ClFN2/c1-10-13(4-3-7-19-10)15(18-2)8-11-5-6-12(17)9-14(11)16/h3-7,9,15,18H,8H2,1-2H3. The van der Waals surface area contributed by atoms with E-state index in [1.807, 2.05) is 26.1 Å². The highest BCUT2D eigenvalue weighted by molar-refractivity contribution is 6.31. The quantitative estimate of drug-likeness (QED) is 0.923. The number of hydrogen-bond acceptors (Lipinski definition) is 2. The molecular formula is C15H16ClFN2. The van der Waals surface area contributed by atoms with E-state index in [2.05, 4.69) is 10.3 Å². The minimum atomic E-state index is -0.313. The van der Waals surface area contributed by atoms with Crippen LogP contribution in [0.15, 0.2) is 36.5 Å². The van der Waals surface area contributed by atoms with Crippen LogP contribution in [0.5, 0.6) is 0 Å². The third kappa shape index (κ3) is 3.31. The second-order valence-electron chi connectivity index (χ2n) is 4.46. The number of halogens is 2. The summed E-state index contributed by atoms with van der Waals surface area (Å²) in [6, 6.07) is 8.58. The minimum absolute atomic E-state index is 0.108. The summed E-state index contributed by atoms with van der Waals surface area (Å²) in [5.41, 5.74) is 3.04. The summed E-state index contributed by atoms with van der Waals surface area (Å²) in [7, 11) is 1.90. The average Bonchev–Trinajstić information content (AvgIpc) is 2.39. The van der Waals surface area contributed by atoms with Gasteiger partial charge in [-0.05, 0) is 49.7 Å². The predicted octanol–water partition coefficient (Wildman–Crippen LogP) is 3.69. The van der Waals surface area contributed by atoms with E-state index < -0.39 is 0 Å². The van der Waals surface area contributed by atoms with Gasteiger partial charge >= 0.3 is 0 Å². The zero-order valence-corrected chi connectivity index (χ0v) is 11.7. The first-order valence-corrected chi connectivity index (χ1v) is 6.52. The molecule has 1 N–H and O–H groups in total. The van der Waals surface area contributed by atoms with Crippen LogP contribution in [0.4, 0.5) is 4.39 Å². The van der Waals surface area contributed by atoms with Crippen LogP contribution in [0.2, 0.25) is 5.02 Å². The molecule has 1 heterocycles. The number of benzene rings is 1. The molecule has 0 aliphatic rings. The molecule has 1 aromatic carbocycles. The van der Waals surface area contributed by atoms with Crippen molar-refractivity contribution in [2.45, 2.75) is 19.4 Å². The van der Waals surface area contributed by atoms with Crippen LogP contribution in [0.3, 0.4) is 0 Å². The lowest BCUT2D eigenvalue weighted by Gasteiger charge is -2.19. The second-order valence-corrected chi connectivity index (χ2v) is 4.87. The number of pyridine rings is 1. The van der Waals surface area contributed by atoms with Gasteiger partial charge in [-0.15, -0.1) is 0 Å². The summed E-state index contributed by atoms with van der Waals surface area (Å²) in [4.78, 5) is 4.29. The van der Waals surface area contributed by atoms with Crippen molar-refractivity contribution in [3.8, 4) is 0 Å². The summed E-state index contributed by atoms with van der Waals surface area (Å²) in [6.07, 6.45) is 2.47. The Morgan fingerprint density at radius 2 is 2.16 bits per heavy atom. The molecule has 2 nitrogen and oxygen atoms in total. The SMILES string of the molecule is CNC(Cc1ccc(F)cc1Cl)c1cccnc1C. The number of likely N-dealkylation sites (N-methyl/N-ethyl adjacent to an activating group) is 1. The van der Waals surface area contributed by atoms with Crippen molar-refractivity contribution in [2.75, 3.05) is 7.05 Å². The van der Waals surface area contributed by atoms with Gasteiger partial charge in [0.25, 0.3) is 0 Å². The number of hydrogen-bond donors (Lipinski definition) is 1. The summed E-state index contributed by atoms with van der Waals surface area (Å²) in [5, 5.41) is 3.72. The Kier molecular flexibility index (Phi) is 4.51. The van der Waals surface area contributed by atoms with E-state index in [1.54, 1.807) is 12.3 Å². The van der Waals surface area contributed by atoms with Gasteiger partial charge < -0.3 is 5.32 Å². The Morgan fingerprint density at radius 1 is 1.37 bits per heavy atom. The number of nitrogens with zero attached hydrogens (tertiary/aromatic N) is 1. The van der Waals surface area contributed by atoms with Crippen molar-refractivity contribution in [3.05, 3.63) is 64.2 Å². The fraction of sp³-hybridized carbons (Fsp3) is 0.267. The lowest BCUT2D eigenvalue weighted by Crippen LogP contribution is -2.20. The number of aromatic nitrogens is 1. The van der Waals surface area contributed by atoms with Gasteiger partial charge in [-0.2, -0.15) is 0 Å². The van der Waals surface area contributed by atoms with Gasteiger partial charge in [0.2, 0.25) is 0 Å². The Morgan fingerprint density at radius 3 is 2.79 bits per heavy atom. The first kappa shape index (κ1) is 14.0.